The molecule has 0 rings (SSSR count). The van der Waals surface area contributed by atoms with Crippen molar-refractivity contribution in [2.75, 3.05) is 26.4 Å². The molecule has 0 saturated carbocycles. The van der Waals surface area contributed by atoms with Gasteiger partial charge in [0.1, 0.15) is 0 Å². The minimum Gasteiger partial charge on any atom is -0.379 e. The topological polar surface area (TPSA) is 64.6 Å². The molecule has 1 N–H and O–H groups in total. The minimum atomic E-state index is -0.454. The van der Waals surface area contributed by atoms with E-state index in [1.807, 2.05) is 0 Å². The number of amides is 1. The number of carbonyl (C=O) groups is 2. The van der Waals surface area contributed by atoms with Gasteiger partial charge in [-0.3, -0.25) is 9.59 Å². The Kier molecular flexibility index (Phi) is 47.6. The highest BCUT2D eigenvalue weighted by Gasteiger charge is 2.16. The summed E-state index contributed by atoms with van der Waals surface area (Å²) in [5.41, 5.74) is 0. The van der Waals surface area contributed by atoms with E-state index >= 15 is 0 Å². The summed E-state index contributed by atoms with van der Waals surface area (Å²) in [5.74, 6) is -0.740. The standard InChI is InChI=1S/C51H101NO4/c1-4-7-10-13-16-19-22-25-27-30-33-36-39-42-45-55-48-49(56-46-43-40-37-34-31-28-26-23-20-17-14-11-8-5-2)47-52-51(54)50(53)44-41-38-35-32-29-24-21-18-15-12-9-6-3/h49H,4-48H2,1-3H3,(H,52,54)/t49-/m1/s1. The SMILES string of the molecule is CCCCCCCCCCCCCCCCOC[C@@H](CNC(=O)C(=O)CCCCCCCCCCCCCC)OCCCCCCCCCCCCCCCC. The fourth-order valence-corrected chi connectivity index (χ4v) is 7.87. The van der Waals surface area contributed by atoms with Crippen LogP contribution in [-0.2, 0) is 19.1 Å². The summed E-state index contributed by atoms with van der Waals surface area (Å²) in [4.78, 5) is 25.2. The number of Topliss-reactive ketones (excluding diaryl/α,β-unsaturated/α-hetero) is 1. The maximum absolute atomic E-state index is 12.7. The van der Waals surface area contributed by atoms with Crippen molar-refractivity contribution in [1.82, 2.24) is 5.32 Å². The van der Waals surface area contributed by atoms with Gasteiger partial charge in [0.05, 0.1) is 12.7 Å². The first-order valence-electron chi connectivity index (χ1n) is 25.7. The van der Waals surface area contributed by atoms with Gasteiger partial charge in [0.2, 0.25) is 5.78 Å². The zero-order chi connectivity index (χ0) is 40.7. The van der Waals surface area contributed by atoms with Gasteiger partial charge in [-0.05, 0) is 19.3 Å². The van der Waals surface area contributed by atoms with Gasteiger partial charge in [-0.25, -0.2) is 0 Å². The van der Waals surface area contributed by atoms with Gasteiger partial charge in [0.15, 0.2) is 0 Å². The molecule has 56 heavy (non-hydrogen) atoms. The van der Waals surface area contributed by atoms with E-state index in [9.17, 15) is 9.59 Å². The minimum absolute atomic E-state index is 0.202. The molecule has 0 radical (unpaired) electrons. The number of ether oxygens (including phenoxy) is 2. The number of rotatable bonds is 49. The summed E-state index contributed by atoms with van der Waals surface area (Å²) in [6.45, 7) is 9.10. The normalized spacial score (nSPS) is 12.1. The molecule has 5 heteroatoms. The third kappa shape index (κ3) is 44.2. The largest absolute Gasteiger partial charge is 0.379 e. The van der Waals surface area contributed by atoms with E-state index in [2.05, 4.69) is 26.1 Å². The molecule has 1 atom stereocenters. The predicted octanol–water partition coefficient (Wildman–Crippen LogP) is 16.1. The fraction of sp³-hybridized carbons (Fsp3) is 0.961. The monoisotopic (exact) mass is 792 g/mol. The average Bonchev–Trinajstić information content (AvgIpc) is 3.20. The van der Waals surface area contributed by atoms with Gasteiger partial charge in [-0.2, -0.15) is 0 Å². The molecule has 1 amide bonds. The highest BCUT2D eigenvalue weighted by molar-refractivity contribution is 6.36. The van der Waals surface area contributed by atoms with E-state index in [0.29, 0.717) is 26.2 Å². The van der Waals surface area contributed by atoms with Crippen LogP contribution in [0.2, 0.25) is 0 Å². The Balaban J connectivity index is 4.18. The van der Waals surface area contributed by atoms with E-state index in [-0.39, 0.29) is 11.9 Å². The Hall–Kier alpha value is -0.940. The summed E-state index contributed by atoms with van der Waals surface area (Å²) >= 11 is 0. The van der Waals surface area contributed by atoms with Gasteiger partial charge in [-0.1, -0.05) is 258 Å². The van der Waals surface area contributed by atoms with Gasteiger partial charge < -0.3 is 14.8 Å². The number of unbranched alkanes of at least 4 members (excludes halogenated alkanes) is 37. The maximum atomic E-state index is 12.7. The van der Waals surface area contributed by atoms with Crippen LogP contribution in [0.1, 0.15) is 284 Å². The Labute approximate surface area is 351 Å². The molecule has 0 aliphatic carbocycles. The van der Waals surface area contributed by atoms with E-state index < -0.39 is 5.91 Å². The number of nitrogens with one attached hydrogen (secondary N) is 1. The lowest BCUT2D eigenvalue weighted by molar-refractivity contribution is -0.138. The molecule has 0 unspecified atom stereocenters. The van der Waals surface area contributed by atoms with Crippen molar-refractivity contribution in [3.05, 3.63) is 0 Å². The summed E-state index contributed by atoms with van der Waals surface area (Å²) in [7, 11) is 0. The Morgan fingerprint density at radius 2 is 0.661 bits per heavy atom. The molecule has 0 aliphatic heterocycles. The molecule has 0 aliphatic rings. The van der Waals surface area contributed by atoms with Gasteiger partial charge in [-0.15, -0.1) is 0 Å². The summed E-state index contributed by atoms with van der Waals surface area (Å²) < 4.78 is 12.3. The molecule has 0 aromatic carbocycles. The molecule has 0 fully saturated rings. The summed E-state index contributed by atoms with van der Waals surface area (Å²) in [5, 5.41) is 2.89. The van der Waals surface area contributed by atoms with E-state index in [4.69, 9.17) is 9.47 Å². The second-order valence-electron chi connectivity index (χ2n) is 17.5. The smallest absolute Gasteiger partial charge is 0.287 e. The Bertz CT molecular complexity index is 773. The van der Waals surface area contributed by atoms with Crippen LogP contribution in [0.15, 0.2) is 0 Å². The third-order valence-electron chi connectivity index (χ3n) is 11.8. The Morgan fingerprint density at radius 1 is 0.375 bits per heavy atom. The number of carbonyl (C=O) groups excluding carboxylic acids is 2. The highest BCUT2D eigenvalue weighted by Crippen LogP contribution is 2.16. The summed E-state index contributed by atoms with van der Waals surface area (Å²) in [6, 6.07) is 0. The molecule has 0 spiro atoms. The van der Waals surface area contributed by atoms with Crippen molar-refractivity contribution in [3.8, 4) is 0 Å². The second kappa shape index (κ2) is 48.4. The van der Waals surface area contributed by atoms with Gasteiger partial charge >= 0.3 is 0 Å². The lowest BCUT2D eigenvalue weighted by Gasteiger charge is -2.19. The first-order chi connectivity index (χ1) is 27.7. The van der Waals surface area contributed by atoms with Crippen LogP contribution in [0.25, 0.3) is 0 Å². The Morgan fingerprint density at radius 3 is 1.00 bits per heavy atom. The number of hydrogen-bond donors (Lipinski definition) is 1. The van der Waals surface area contributed by atoms with Crippen LogP contribution in [-0.4, -0.2) is 44.2 Å². The molecular formula is C51H101NO4. The van der Waals surface area contributed by atoms with Crippen molar-refractivity contribution in [2.24, 2.45) is 0 Å². The fourth-order valence-electron chi connectivity index (χ4n) is 7.87. The highest BCUT2D eigenvalue weighted by atomic mass is 16.5. The number of ketones is 1. The zero-order valence-electron chi connectivity index (χ0n) is 38.5. The molecule has 334 valence electrons. The van der Waals surface area contributed by atoms with Crippen molar-refractivity contribution in [1.29, 1.82) is 0 Å². The predicted molar refractivity (Wildman–Crippen MR) is 245 cm³/mol. The van der Waals surface area contributed by atoms with Crippen molar-refractivity contribution in [3.63, 3.8) is 0 Å². The molecule has 0 bridgehead atoms. The lowest BCUT2D eigenvalue weighted by atomic mass is 10.0. The van der Waals surface area contributed by atoms with Crippen LogP contribution in [0.3, 0.4) is 0 Å². The zero-order valence-corrected chi connectivity index (χ0v) is 38.5. The number of hydrogen-bond acceptors (Lipinski definition) is 4. The first-order valence-corrected chi connectivity index (χ1v) is 25.7. The van der Waals surface area contributed by atoms with E-state index in [1.54, 1.807) is 0 Å². The second-order valence-corrected chi connectivity index (χ2v) is 17.5. The molecule has 0 aromatic rings. The molecule has 0 heterocycles. The third-order valence-corrected chi connectivity index (χ3v) is 11.8. The van der Waals surface area contributed by atoms with Crippen LogP contribution in [0, 0.1) is 0 Å². The quantitative estimate of drug-likeness (QED) is 0.0492. The molecule has 0 aromatic heterocycles. The van der Waals surface area contributed by atoms with Crippen molar-refractivity contribution < 1.29 is 19.1 Å². The van der Waals surface area contributed by atoms with Crippen LogP contribution < -0.4 is 5.32 Å². The maximum Gasteiger partial charge on any atom is 0.287 e. The van der Waals surface area contributed by atoms with Crippen molar-refractivity contribution >= 4 is 11.7 Å². The van der Waals surface area contributed by atoms with Crippen LogP contribution in [0.4, 0.5) is 0 Å². The van der Waals surface area contributed by atoms with Crippen LogP contribution in [0.5, 0.6) is 0 Å². The van der Waals surface area contributed by atoms with Crippen molar-refractivity contribution in [2.45, 2.75) is 290 Å². The van der Waals surface area contributed by atoms with E-state index in [0.717, 1.165) is 38.7 Å². The molecule has 5 nitrogen and oxygen atoms in total. The lowest BCUT2D eigenvalue weighted by Crippen LogP contribution is -2.39. The summed E-state index contributed by atoms with van der Waals surface area (Å²) in [6.07, 6.45) is 52.9. The van der Waals surface area contributed by atoms with Gasteiger partial charge in [0, 0.05) is 26.2 Å². The average molecular weight is 792 g/mol. The van der Waals surface area contributed by atoms with E-state index in [1.165, 1.54) is 225 Å². The molecule has 0 saturated heterocycles. The molecular weight excluding hydrogens is 691 g/mol. The van der Waals surface area contributed by atoms with Crippen LogP contribution >= 0.6 is 0 Å². The first kappa shape index (κ1) is 55.1. The van der Waals surface area contributed by atoms with Gasteiger partial charge in [0.25, 0.3) is 5.91 Å².